The van der Waals surface area contributed by atoms with Crippen molar-refractivity contribution in [2.75, 3.05) is 0 Å². The minimum absolute atomic E-state index is 0.0951. The first-order valence-corrected chi connectivity index (χ1v) is 8.14. The summed E-state index contributed by atoms with van der Waals surface area (Å²) < 4.78 is 10.5. The zero-order valence-electron chi connectivity index (χ0n) is 16.2. The maximum Gasteiger partial charge on any atom is 0.420 e. The van der Waals surface area contributed by atoms with Crippen LogP contribution in [0.4, 0.5) is 15.3 Å². The lowest BCUT2D eigenvalue weighted by Gasteiger charge is -2.28. The number of nitro groups is 1. The Hall–Kier alpha value is -3.15. The fourth-order valence-electron chi connectivity index (χ4n) is 1.94. The average molecular weight is 377 g/mol. The Morgan fingerprint density at radius 2 is 1.59 bits per heavy atom. The van der Waals surface area contributed by atoms with Crippen LogP contribution in [0.15, 0.2) is 18.2 Å². The molecular formula is C18H23N3O6. The maximum atomic E-state index is 12.5. The van der Waals surface area contributed by atoms with Gasteiger partial charge in [-0.05, 0) is 53.2 Å². The van der Waals surface area contributed by atoms with Crippen LogP contribution in [-0.4, -0.2) is 33.2 Å². The van der Waals surface area contributed by atoms with E-state index in [2.05, 4.69) is 0 Å². The molecule has 9 nitrogen and oxygen atoms in total. The van der Waals surface area contributed by atoms with E-state index in [1.165, 1.54) is 12.1 Å². The number of nitrogens with zero attached hydrogens (tertiary/aromatic N) is 3. The number of non-ortho nitro benzene ring substituents is 1. The summed E-state index contributed by atoms with van der Waals surface area (Å²) in [6.07, 6.45) is -1.96. The minimum atomic E-state index is -0.979. The molecule has 0 aliphatic heterocycles. The van der Waals surface area contributed by atoms with E-state index in [-0.39, 0.29) is 16.8 Å². The number of nitriles is 1. The largest absolute Gasteiger partial charge is 0.443 e. The van der Waals surface area contributed by atoms with Gasteiger partial charge in [-0.2, -0.15) is 5.26 Å². The van der Waals surface area contributed by atoms with Crippen LogP contribution < -0.4 is 0 Å². The summed E-state index contributed by atoms with van der Waals surface area (Å²) >= 11 is 0. The smallest absolute Gasteiger partial charge is 0.420 e. The van der Waals surface area contributed by atoms with Gasteiger partial charge in [0.05, 0.1) is 23.1 Å². The van der Waals surface area contributed by atoms with Crippen LogP contribution in [0.2, 0.25) is 0 Å². The second-order valence-corrected chi connectivity index (χ2v) is 7.76. The van der Waals surface area contributed by atoms with Crippen molar-refractivity contribution in [1.29, 1.82) is 5.26 Å². The molecule has 27 heavy (non-hydrogen) atoms. The SMILES string of the molecule is CC(C)(C)OC(=O)N(Cc1cc([N+](=O)[O-])ccc1C#N)C(=O)OC(C)(C)C. The summed E-state index contributed by atoms with van der Waals surface area (Å²) in [5.74, 6) is 0. The van der Waals surface area contributed by atoms with Crippen LogP contribution in [-0.2, 0) is 16.0 Å². The lowest BCUT2D eigenvalue weighted by atomic mass is 10.1. The molecule has 0 radical (unpaired) electrons. The second-order valence-electron chi connectivity index (χ2n) is 7.76. The molecule has 0 bridgehead atoms. The fraction of sp³-hybridized carbons (Fsp3) is 0.500. The highest BCUT2D eigenvalue weighted by molar-refractivity contribution is 5.88. The third-order valence-electron chi connectivity index (χ3n) is 2.98. The van der Waals surface area contributed by atoms with E-state index in [9.17, 15) is 25.0 Å². The van der Waals surface area contributed by atoms with Crippen LogP contribution in [0.5, 0.6) is 0 Å². The van der Waals surface area contributed by atoms with Gasteiger partial charge in [0.2, 0.25) is 0 Å². The van der Waals surface area contributed by atoms with E-state index >= 15 is 0 Å². The lowest BCUT2D eigenvalue weighted by Crippen LogP contribution is -2.43. The highest BCUT2D eigenvalue weighted by atomic mass is 16.6. The number of amides is 2. The Morgan fingerprint density at radius 1 is 1.11 bits per heavy atom. The summed E-state index contributed by atoms with van der Waals surface area (Å²) in [5, 5.41) is 20.2. The predicted molar refractivity (Wildman–Crippen MR) is 95.8 cm³/mol. The van der Waals surface area contributed by atoms with Crippen LogP contribution in [0, 0.1) is 21.4 Å². The monoisotopic (exact) mass is 377 g/mol. The zero-order chi connectivity index (χ0) is 21.0. The Bertz CT molecular complexity index is 756. The van der Waals surface area contributed by atoms with Crippen molar-refractivity contribution in [3.05, 3.63) is 39.4 Å². The molecule has 0 saturated heterocycles. The van der Waals surface area contributed by atoms with Crippen molar-refractivity contribution in [2.24, 2.45) is 0 Å². The van der Waals surface area contributed by atoms with Crippen molar-refractivity contribution in [3.8, 4) is 6.07 Å². The van der Waals surface area contributed by atoms with Gasteiger partial charge in [-0.3, -0.25) is 10.1 Å². The fourth-order valence-corrected chi connectivity index (χ4v) is 1.94. The molecule has 0 heterocycles. The van der Waals surface area contributed by atoms with E-state index in [0.29, 0.717) is 4.90 Å². The van der Waals surface area contributed by atoms with E-state index < -0.39 is 34.9 Å². The van der Waals surface area contributed by atoms with E-state index in [1.54, 1.807) is 41.5 Å². The number of hydrogen-bond acceptors (Lipinski definition) is 7. The number of imide groups is 1. The third-order valence-corrected chi connectivity index (χ3v) is 2.98. The molecule has 0 saturated carbocycles. The van der Waals surface area contributed by atoms with Gasteiger partial charge in [0.1, 0.15) is 11.2 Å². The number of ether oxygens (including phenoxy) is 2. The molecule has 0 aromatic heterocycles. The molecule has 0 aliphatic rings. The molecule has 0 unspecified atom stereocenters. The third kappa shape index (κ3) is 6.93. The van der Waals surface area contributed by atoms with Gasteiger partial charge >= 0.3 is 12.2 Å². The van der Waals surface area contributed by atoms with Gasteiger partial charge in [-0.15, -0.1) is 0 Å². The molecule has 2 amide bonds. The lowest BCUT2D eigenvalue weighted by molar-refractivity contribution is -0.384. The first kappa shape index (κ1) is 21.9. The quantitative estimate of drug-likeness (QED) is 0.573. The van der Waals surface area contributed by atoms with E-state index in [1.807, 2.05) is 6.07 Å². The molecule has 0 atom stereocenters. The van der Waals surface area contributed by atoms with E-state index in [0.717, 1.165) is 6.07 Å². The first-order valence-electron chi connectivity index (χ1n) is 8.14. The molecule has 1 rings (SSSR count). The molecule has 0 spiro atoms. The standard InChI is InChI=1S/C18H23N3O6/c1-17(2,3)26-15(22)20(16(23)27-18(4,5)6)11-13-9-14(21(24)25)8-7-12(13)10-19/h7-9H,11H2,1-6H3. The molecular weight excluding hydrogens is 354 g/mol. The summed E-state index contributed by atoms with van der Waals surface area (Å²) in [4.78, 5) is 36.0. The molecule has 0 N–H and O–H groups in total. The molecule has 1 aromatic rings. The number of carbonyl (C=O) groups excluding carboxylic acids is 2. The van der Waals surface area contributed by atoms with Crippen LogP contribution in [0.3, 0.4) is 0 Å². The number of benzene rings is 1. The number of nitro benzene ring substituents is 1. The topological polar surface area (TPSA) is 123 Å². The van der Waals surface area contributed by atoms with Gasteiger partial charge in [-0.1, -0.05) is 0 Å². The Kier molecular flexibility index (Phi) is 6.51. The van der Waals surface area contributed by atoms with Crippen molar-refractivity contribution < 1.29 is 24.0 Å². The Morgan fingerprint density at radius 3 is 1.96 bits per heavy atom. The highest BCUT2D eigenvalue weighted by Crippen LogP contribution is 2.22. The van der Waals surface area contributed by atoms with Gasteiger partial charge < -0.3 is 9.47 Å². The summed E-state index contributed by atoms with van der Waals surface area (Å²) in [6.45, 7) is 9.38. The van der Waals surface area contributed by atoms with Gasteiger partial charge in [0, 0.05) is 12.1 Å². The molecule has 0 fully saturated rings. The Labute approximate surface area is 157 Å². The highest BCUT2D eigenvalue weighted by Gasteiger charge is 2.32. The number of rotatable bonds is 3. The summed E-state index contributed by atoms with van der Waals surface area (Å²) in [6, 6.07) is 5.46. The average Bonchev–Trinajstić information content (AvgIpc) is 2.48. The van der Waals surface area contributed by atoms with Crippen molar-refractivity contribution >= 4 is 17.9 Å². The second kappa shape index (κ2) is 8.03. The zero-order valence-corrected chi connectivity index (χ0v) is 16.2. The van der Waals surface area contributed by atoms with E-state index in [4.69, 9.17) is 9.47 Å². The van der Waals surface area contributed by atoms with Gasteiger partial charge in [0.15, 0.2) is 0 Å². The summed E-state index contributed by atoms with van der Waals surface area (Å²) in [5.41, 5.74) is -1.80. The van der Waals surface area contributed by atoms with Crippen molar-refractivity contribution in [2.45, 2.75) is 59.3 Å². The summed E-state index contributed by atoms with van der Waals surface area (Å²) in [7, 11) is 0. The molecule has 146 valence electrons. The normalized spacial score (nSPS) is 11.3. The van der Waals surface area contributed by atoms with Gasteiger partial charge in [-0.25, -0.2) is 14.5 Å². The molecule has 0 aliphatic carbocycles. The minimum Gasteiger partial charge on any atom is -0.443 e. The molecule has 1 aromatic carbocycles. The van der Waals surface area contributed by atoms with Crippen molar-refractivity contribution in [3.63, 3.8) is 0 Å². The van der Waals surface area contributed by atoms with Crippen LogP contribution in [0.25, 0.3) is 0 Å². The predicted octanol–water partition coefficient (Wildman–Crippen LogP) is 4.14. The van der Waals surface area contributed by atoms with Crippen molar-refractivity contribution in [1.82, 2.24) is 4.90 Å². The van der Waals surface area contributed by atoms with Crippen LogP contribution in [0.1, 0.15) is 52.7 Å². The number of hydrogen-bond donors (Lipinski definition) is 0. The Balaban J connectivity index is 3.30. The number of carbonyl (C=O) groups is 2. The first-order chi connectivity index (χ1) is 12.2. The molecule has 9 heteroatoms. The van der Waals surface area contributed by atoms with Gasteiger partial charge in [0.25, 0.3) is 5.69 Å². The van der Waals surface area contributed by atoms with Crippen LogP contribution >= 0.6 is 0 Å². The maximum absolute atomic E-state index is 12.5.